The molecule has 0 saturated heterocycles. The molecule has 2 heterocycles. The SMILES string of the molecule is CCCCN(C)c1ncnc(Oc2cccc3cccnc23)c1N. The lowest BCUT2D eigenvalue weighted by molar-refractivity contribution is 0.468. The van der Waals surface area contributed by atoms with E-state index in [-0.39, 0.29) is 0 Å². The fourth-order valence-corrected chi connectivity index (χ4v) is 2.52. The predicted octanol–water partition coefficient (Wildman–Crippen LogP) is 3.64. The van der Waals surface area contributed by atoms with Gasteiger partial charge in [0.25, 0.3) is 0 Å². The van der Waals surface area contributed by atoms with Crippen molar-refractivity contribution >= 4 is 22.4 Å². The Morgan fingerprint density at radius 3 is 2.79 bits per heavy atom. The topological polar surface area (TPSA) is 77.2 Å². The molecule has 3 aromatic rings. The van der Waals surface area contributed by atoms with E-state index < -0.39 is 0 Å². The van der Waals surface area contributed by atoms with Gasteiger partial charge >= 0.3 is 0 Å². The molecular weight excluding hydrogens is 302 g/mol. The van der Waals surface area contributed by atoms with E-state index in [2.05, 4.69) is 21.9 Å². The van der Waals surface area contributed by atoms with Gasteiger partial charge < -0.3 is 15.4 Å². The first-order valence-corrected chi connectivity index (χ1v) is 8.04. The Morgan fingerprint density at radius 1 is 1.12 bits per heavy atom. The number of aromatic nitrogens is 3. The summed E-state index contributed by atoms with van der Waals surface area (Å²) >= 11 is 0. The van der Waals surface area contributed by atoms with Crippen LogP contribution in [0.15, 0.2) is 42.9 Å². The molecule has 6 nitrogen and oxygen atoms in total. The number of hydrogen-bond donors (Lipinski definition) is 1. The van der Waals surface area contributed by atoms with Crippen LogP contribution in [0.3, 0.4) is 0 Å². The third-order valence-electron chi connectivity index (χ3n) is 3.84. The van der Waals surface area contributed by atoms with Crippen LogP contribution in [0.4, 0.5) is 11.5 Å². The molecule has 0 saturated carbocycles. The predicted molar refractivity (Wildman–Crippen MR) is 96.4 cm³/mol. The summed E-state index contributed by atoms with van der Waals surface area (Å²) in [5.41, 5.74) is 7.45. The number of nitrogen functional groups attached to an aromatic ring is 1. The summed E-state index contributed by atoms with van der Waals surface area (Å²) < 4.78 is 5.95. The molecule has 0 spiro atoms. The minimum Gasteiger partial charge on any atom is -0.435 e. The summed E-state index contributed by atoms with van der Waals surface area (Å²) in [6, 6.07) is 9.65. The summed E-state index contributed by atoms with van der Waals surface area (Å²) in [5, 5.41) is 1.00. The third-order valence-corrected chi connectivity index (χ3v) is 3.84. The van der Waals surface area contributed by atoms with Gasteiger partial charge in [-0.1, -0.05) is 31.5 Å². The highest BCUT2D eigenvalue weighted by molar-refractivity contribution is 5.84. The van der Waals surface area contributed by atoms with Crippen LogP contribution in [0.1, 0.15) is 19.8 Å². The third kappa shape index (κ3) is 3.22. The first-order valence-electron chi connectivity index (χ1n) is 8.04. The Kier molecular flexibility index (Phi) is 4.74. The maximum Gasteiger partial charge on any atom is 0.248 e. The molecule has 0 amide bonds. The molecule has 0 fully saturated rings. The molecule has 0 atom stereocenters. The zero-order chi connectivity index (χ0) is 16.9. The highest BCUT2D eigenvalue weighted by Crippen LogP contribution is 2.33. The second kappa shape index (κ2) is 7.12. The first kappa shape index (κ1) is 16.0. The molecule has 24 heavy (non-hydrogen) atoms. The van der Waals surface area contributed by atoms with Gasteiger partial charge in [-0.15, -0.1) is 0 Å². The van der Waals surface area contributed by atoms with E-state index in [0.717, 1.165) is 30.3 Å². The van der Waals surface area contributed by atoms with Gasteiger partial charge in [-0.05, 0) is 18.6 Å². The Hall–Kier alpha value is -2.89. The number of hydrogen-bond acceptors (Lipinski definition) is 6. The van der Waals surface area contributed by atoms with E-state index in [1.54, 1.807) is 6.20 Å². The lowest BCUT2D eigenvalue weighted by atomic mass is 10.2. The highest BCUT2D eigenvalue weighted by atomic mass is 16.5. The van der Waals surface area contributed by atoms with Crippen LogP contribution in [-0.4, -0.2) is 28.5 Å². The highest BCUT2D eigenvalue weighted by Gasteiger charge is 2.14. The molecule has 0 aliphatic rings. The molecule has 3 rings (SSSR count). The molecule has 0 radical (unpaired) electrons. The van der Waals surface area contributed by atoms with Crippen molar-refractivity contribution in [2.75, 3.05) is 24.2 Å². The van der Waals surface area contributed by atoms with Crippen molar-refractivity contribution in [3.8, 4) is 11.6 Å². The molecule has 0 aliphatic carbocycles. The summed E-state index contributed by atoms with van der Waals surface area (Å²) in [5.74, 6) is 1.66. The van der Waals surface area contributed by atoms with Crippen LogP contribution in [0.5, 0.6) is 11.6 Å². The van der Waals surface area contributed by atoms with E-state index >= 15 is 0 Å². The molecule has 1 aromatic carbocycles. The molecule has 0 bridgehead atoms. The molecule has 0 unspecified atom stereocenters. The number of rotatable bonds is 6. The number of anilines is 2. The second-order valence-corrected chi connectivity index (χ2v) is 5.62. The van der Waals surface area contributed by atoms with Crippen LogP contribution in [0.2, 0.25) is 0 Å². The number of para-hydroxylation sites is 1. The zero-order valence-corrected chi connectivity index (χ0v) is 13.9. The fraction of sp³-hybridized carbons (Fsp3) is 0.278. The van der Waals surface area contributed by atoms with Crippen LogP contribution in [0.25, 0.3) is 10.9 Å². The van der Waals surface area contributed by atoms with Crippen molar-refractivity contribution in [1.29, 1.82) is 0 Å². The Bertz CT molecular complexity index is 831. The van der Waals surface area contributed by atoms with Crippen LogP contribution in [-0.2, 0) is 0 Å². The molecule has 0 aliphatic heterocycles. The Labute approximate surface area is 141 Å². The van der Waals surface area contributed by atoms with Crippen molar-refractivity contribution in [2.45, 2.75) is 19.8 Å². The number of benzene rings is 1. The minimum atomic E-state index is 0.349. The maximum absolute atomic E-state index is 6.24. The number of ether oxygens (including phenoxy) is 1. The molecule has 2 aromatic heterocycles. The van der Waals surface area contributed by atoms with Gasteiger partial charge in [-0.3, -0.25) is 4.98 Å². The van der Waals surface area contributed by atoms with Crippen molar-refractivity contribution in [1.82, 2.24) is 15.0 Å². The van der Waals surface area contributed by atoms with Crippen molar-refractivity contribution in [3.05, 3.63) is 42.9 Å². The van der Waals surface area contributed by atoms with Crippen molar-refractivity contribution in [3.63, 3.8) is 0 Å². The zero-order valence-electron chi connectivity index (χ0n) is 13.9. The largest absolute Gasteiger partial charge is 0.435 e. The maximum atomic E-state index is 6.24. The van der Waals surface area contributed by atoms with Gasteiger partial charge in [0.1, 0.15) is 17.5 Å². The van der Waals surface area contributed by atoms with E-state index in [1.807, 2.05) is 42.3 Å². The summed E-state index contributed by atoms with van der Waals surface area (Å²) in [6.07, 6.45) is 5.40. The number of nitrogens with two attached hydrogens (primary N) is 1. The fourth-order valence-electron chi connectivity index (χ4n) is 2.52. The van der Waals surface area contributed by atoms with Crippen molar-refractivity contribution in [2.24, 2.45) is 0 Å². The number of unbranched alkanes of at least 4 members (excludes halogenated alkanes) is 1. The summed E-state index contributed by atoms with van der Waals surface area (Å²) in [7, 11) is 1.97. The molecule has 124 valence electrons. The minimum absolute atomic E-state index is 0.349. The van der Waals surface area contributed by atoms with Crippen LogP contribution >= 0.6 is 0 Å². The van der Waals surface area contributed by atoms with Gasteiger partial charge in [0.2, 0.25) is 5.88 Å². The van der Waals surface area contributed by atoms with E-state index in [1.165, 1.54) is 6.33 Å². The van der Waals surface area contributed by atoms with Gasteiger partial charge in [0.05, 0.1) is 0 Å². The first-order chi connectivity index (χ1) is 11.7. The van der Waals surface area contributed by atoms with Crippen LogP contribution < -0.4 is 15.4 Å². The Balaban J connectivity index is 1.92. The summed E-state index contributed by atoms with van der Waals surface area (Å²) in [6.45, 7) is 3.03. The van der Waals surface area contributed by atoms with Gasteiger partial charge in [0.15, 0.2) is 11.6 Å². The summed E-state index contributed by atoms with van der Waals surface area (Å²) in [4.78, 5) is 14.9. The van der Waals surface area contributed by atoms with Gasteiger partial charge in [-0.2, -0.15) is 4.98 Å². The standard InChI is InChI=1S/C18H21N5O/c1-3-4-11-23(2)17-15(19)18(22-12-21-17)24-14-9-5-7-13-8-6-10-20-16(13)14/h5-10,12H,3-4,11,19H2,1-2H3. The van der Waals surface area contributed by atoms with Crippen molar-refractivity contribution < 1.29 is 4.74 Å². The number of fused-ring (bicyclic) bond motifs is 1. The molecule has 6 heteroatoms. The number of nitrogens with zero attached hydrogens (tertiary/aromatic N) is 4. The Morgan fingerprint density at radius 2 is 1.96 bits per heavy atom. The van der Waals surface area contributed by atoms with E-state index in [0.29, 0.717) is 23.1 Å². The van der Waals surface area contributed by atoms with Gasteiger partial charge in [0, 0.05) is 25.2 Å². The van der Waals surface area contributed by atoms with E-state index in [4.69, 9.17) is 10.5 Å². The lowest BCUT2D eigenvalue weighted by Gasteiger charge is -2.20. The lowest BCUT2D eigenvalue weighted by Crippen LogP contribution is -2.21. The average molecular weight is 323 g/mol. The average Bonchev–Trinajstić information content (AvgIpc) is 2.61. The normalized spacial score (nSPS) is 10.8. The molecular formula is C18H21N5O. The second-order valence-electron chi connectivity index (χ2n) is 5.62. The van der Waals surface area contributed by atoms with Crippen LogP contribution in [0, 0.1) is 0 Å². The number of pyridine rings is 1. The van der Waals surface area contributed by atoms with E-state index in [9.17, 15) is 0 Å². The quantitative estimate of drug-likeness (QED) is 0.746. The smallest absolute Gasteiger partial charge is 0.248 e. The molecule has 2 N–H and O–H groups in total. The van der Waals surface area contributed by atoms with Gasteiger partial charge in [-0.25, -0.2) is 4.98 Å². The monoisotopic (exact) mass is 323 g/mol.